The number of hydrogen-bond acceptors (Lipinski definition) is 5. The molecule has 1 N–H and O–H groups in total. The lowest BCUT2D eigenvalue weighted by Gasteiger charge is -2.04. The molecule has 3 rings (SSSR count). The summed E-state index contributed by atoms with van der Waals surface area (Å²) in [6.07, 6.45) is 1.91. The SMILES string of the molecule is Cc1ccc(NC(=O)Cc2csc(COc3ccc(Cl)cc3)n2)nc1. The summed E-state index contributed by atoms with van der Waals surface area (Å²) >= 11 is 7.30. The molecule has 0 aliphatic heterocycles. The molecule has 0 aliphatic carbocycles. The Morgan fingerprint density at radius 2 is 2.04 bits per heavy atom. The van der Waals surface area contributed by atoms with E-state index < -0.39 is 0 Å². The Kier molecular flexibility index (Phi) is 5.63. The maximum Gasteiger partial charge on any atom is 0.231 e. The summed E-state index contributed by atoms with van der Waals surface area (Å²) in [5.41, 5.74) is 1.76. The number of nitrogens with one attached hydrogen (secondary N) is 1. The van der Waals surface area contributed by atoms with Gasteiger partial charge < -0.3 is 10.1 Å². The number of amides is 1. The van der Waals surface area contributed by atoms with E-state index in [4.69, 9.17) is 16.3 Å². The summed E-state index contributed by atoms with van der Waals surface area (Å²) in [6.45, 7) is 2.30. The van der Waals surface area contributed by atoms with Gasteiger partial charge in [0, 0.05) is 16.6 Å². The van der Waals surface area contributed by atoms with Crippen LogP contribution in [-0.4, -0.2) is 15.9 Å². The lowest BCUT2D eigenvalue weighted by atomic mass is 10.3. The molecule has 5 nitrogen and oxygen atoms in total. The van der Waals surface area contributed by atoms with E-state index in [1.54, 1.807) is 36.5 Å². The molecule has 0 radical (unpaired) electrons. The van der Waals surface area contributed by atoms with Gasteiger partial charge in [-0.05, 0) is 42.8 Å². The van der Waals surface area contributed by atoms with Crippen molar-refractivity contribution in [3.05, 3.63) is 69.3 Å². The van der Waals surface area contributed by atoms with Gasteiger partial charge in [0.25, 0.3) is 0 Å². The third-order valence-electron chi connectivity index (χ3n) is 3.30. The third kappa shape index (κ3) is 5.27. The molecule has 3 aromatic rings. The van der Waals surface area contributed by atoms with Crippen molar-refractivity contribution >= 4 is 34.7 Å². The molecule has 2 aromatic heterocycles. The fourth-order valence-corrected chi connectivity index (χ4v) is 2.90. The topological polar surface area (TPSA) is 64.1 Å². The third-order valence-corrected chi connectivity index (χ3v) is 4.42. The molecular weight excluding hydrogens is 358 g/mol. The molecule has 0 unspecified atom stereocenters. The summed E-state index contributed by atoms with van der Waals surface area (Å²) in [6, 6.07) is 10.8. The molecule has 0 fully saturated rings. The number of anilines is 1. The number of hydrogen-bond donors (Lipinski definition) is 1. The first kappa shape index (κ1) is 17.4. The van der Waals surface area contributed by atoms with Gasteiger partial charge in [-0.2, -0.15) is 0 Å². The predicted molar refractivity (Wildman–Crippen MR) is 99.2 cm³/mol. The normalized spacial score (nSPS) is 10.5. The van der Waals surface area contributed by atoms with Crippen molar-refractivity contribution in [1.82, 2.24) is 9.97 Å². The molecule has 0 aliphatic rings. The number of halogens is 1. The van der Waals surface area contributed by atoms with E-state index in [0.717, 1.165) is 16.3 Å². The second-order valence-corrected chi connectivity index (χ2v) is 6.80. The Morgan fingerprint density at radius 3 is 2.76 bits per heavy atom. The van der Waals surface area contributed by atoms with E-state index in [2.05, 4.69) is 15.3 Å². The Bertz CT molecular complexity index is 848. The first-order valence-corrected chi connectivity index (χ1v) is 8.88. The Balaban J connectivity index is 1.51. The van der Waals surface area contributed by atoms with Crippen molar-refractivity contribution in [2.45, 2.75) is 20.0 Å². The minimum absolute atomic E-state index is 0.146. The molecule has 1 aromatic carbocycles. The number of carbonyl (C=O) groups is 1. The summed E-state index contributed by atoms with van der Waals surface area (Å²) in [7, 11) is 0. The number of benzene rings is 1. The average Bonchev–Trinajstić information content (AvgIpc) is 3.04. The molecule has 7 heteroatoms. The highest BCUT2D eigenvalue weighted by Crippen LogP contribution is 2.18. The van der Waals surface area contributed by atoms with Gasteiger partial charge in [-0.25, -0.2) is 9.97 Å². The highest BCUT2D eigenvalue weighted by atomic mass is 35.5. The maximum absolute atomic E-state index is 12.1. The molecule has 0 saturated carbocycles. The van der Waals surface area contributed by atoms with Gasteiger partial charge in [0.05, 0.1) is 12.1 Å². The van der Waals surface area contributed by atoms with Crippen LogP contribution in [0.1, 0.15) is 16.3 Å². The molecular formula is C18H16ClN3O2S. The van der Waals surface area contributed by atoms with E-state index >= 15 is 0 Å². The predicted octanol–water partition coefficient (Wildman–Crippen LogP) is 4.26. The number of rotatable bonds is 6. The minimum atomic E-state index is -0.146. The van der Waals surface area contributed by atoms with Gasteiger partial charge in [0.2, 0.25) is 5.91 Å². The molecule has 0 atom stereocenters. The Morgan fingerprint density at radius 1 is 1.24 bits per heavy atom. The quantitative estimate of drug-likeness (QED) is 0.701. The Labute approximate surface area is 154 Å². The highest BCUT2D eigenvalue weighted by molar-refractivity contribution is 7.09. The van der Waals surface area contributed by atoms with Crippen LogP contribution in [0.2, 0.25) is 5.02 Å². The van der Waals surface area contributed by atoms with Crippen LogP contribution in [0.5, 0.6) is 5.75 Å². The first-order chi connectivity index (χ1) is 12.1. The Hall–Kier alpha value is -2.44. The van der Waals surface area contributed by atoms with Gasteiger partial charge in [-0.15, -0.1) is 11.3 Å². The summed E-state index contributed by atoms with van der Waals surface area (Å²) in [4.78, 5) is 20.6. The molecule has 0 spiro atoms. The van der Waals surface area contributed by atoms with E-state index in [-0.39, 0.29) is 12.3 Å². The summed E-state index contributed by atoms with van der Waals surface area (Å²) in [5, 5.41) is 6.10. The van der Waals surface area contributed by atoms with Crippen LogP contribution in [0, 0.1) is 6.92 Å². The van der Waals surface area contributed by atoms with Crippen LogP contribution < -0.4 is 10.1 Å². The number of aromatic nitrogens is 2. The van der Waals surface area contributed by atoms with E-state index in [0.29, 0.717) is 23.1 Å². The van der Waals surface area contributed by atoms with Crippen molar-refractivity contribution in [3.8, 4) is 5.75 Å². The van der Waals surface area contributed by atoms with Crippen molar-refractivity contribution in [2.75, 3.05) is 5.32 Å². The first-order valence-electron chi connectivity index (χ1n) is 7.62. The lowest BCUT2D eigenvalue weighted by Crippen LogP contribution is -2.15. The molecule has 0 saturated heterocycles. The van der Waals surface area contributed by atoms with Gasteiger partial charge in [-0.3, -0.25) is 4.79 Å². The zero-order chi connectivity index (χ0) is 17.6. The maximum atomic E-state index is 12.1. The standard InChI is InChI=1S/C18H16ClN3O2S/c1-12-2-7-16(20-9-12)22-17(23)8-14-11-25-18(21-14)10-24-15-5-3-13(19)4-6-15/h2-7,9,11H,8,10H2,1H3,(H,20,22,23). The largest absolute Gasteiger partial charge is 0.486 e. The molecule has 2 heterocycles. The van der Waals surface area contributed by atoms with Crippen LogP contribution in [0.25, 0.3) is 0 Å². The second kappa shape index (κ2) is 8.09. The average molecular weight is 374 g/mol. The van der Waals surface area contributed by atoms with Crippen molar-refractivity contribution in [1.29, 1.82) is 0 Å². The zero-order valence-corrected chi connectivity index (χ0v) is 15.1. The number of pyridine rings is 1. The van der Waals surface area contributed by atoms with Crippen molar-refractivity contribution in [2.24, 2.45) is 0 Å². The smallest absolute Gasteiger partial charge is 0.231 e. The molecule has 25 heavy (non-hydrogen) atoms. The van der Waals surface area contributed by atoms with Crippen molar-refractivity contribution < 1.29 is 9.53 Å². The van der Waals surface area contributed by atoms with Crippen LogP contribution in [-0.2, 0) is 17.8 Å². The highest BCUT2D eigenvalue weighted by Gasteiger charge is 2.09. The number of nitrogens with zero attached hydrogens (tertiary/aromatic N) is 2. The fraction of sp³-hybridized carbons (Fsp3) is 0.167. The number of ether oxygens (including phenoxy) is 1. The molecule has 0 bridgehead atoms. The van der Waals surface area contributed by atoms with Crippen LogP contribution in [0.15, 0.2) is 48.0 Å². The van der Waals surface area contributed by atoms with Gasteiger partial charge >= 0.3 is 0 Å². The number of thiazole rings is 1. The van der Waals surface area contributed by atoms with E-state index in [9.17, 15) is 4.79 Å². The minimum Gasteiger partial charge on any atom is -0.486 e. The second-order valence-electron chi connectivity index (χ2n) is 5.42. The number of carbonyl (C=O) groups excluding carboxylic acids is 1. The summed E-state index contributed by atoms with van der Waals surface area (Å²) in [5.74, 6) is 1.12. The van der Waals surface area contributed by atoms with E-state index in [1.807, 2.05) is 18.4 Å². The van der Waals surface area contributed by atoms with Crippen LogP contribution in [0.3, 0.4) is 0 Å². The lowest BCUT2D eigenvalue weighted by molar-refractivity contribution is -0.115. The molecule has 1 amide bonds. The monoisotopic (exact) mass is 373 g/mol. The van der Waals surface area contributed by atoms with Gasteiger partial charge in [0.1, 0.15) is 23.2 Å². The van der Waals surface area contributed by atoms with Crippen LogP contribution in [0.4, 0.5) is 5.82 Å². The van der Waals surface area contributed by atoms with Gasteiger partial charge in [0.15, 0.2) is 0 Å². The number of aryl methyl sites for hydroxylation is 1. The molecule has 128 valence electrons. The van der Waals surface area contributed by atoms with Crippen LogP contribution >= 0.6 is 22.9 Å². The van der Waals surface area contributed by atoms with Gasteiger partial charge in [-0.1, -0.05) is 17.7 Å². The summed E-state index contributed by atoms with van der Waals surface area (Å²) < 4.78 is 5.65. The van der Waals surface area contributed by atoms with E-state index in [1.165, 1.54) is 11.3 Å². The van der Waals surface area contributed by atoms with Crippen molar-refractivity contribution in [3.63, 3.8) is 0 Å². The fourth-order valence-electron chi connectivity index (χ4n) is 2.07. The zero-order valence-electron chi connectivity index (χ0n) is 13.5.